The van der Waals surface area contributed by atoms with Gasteiger partial charge in [-0.25, -0.2) is 0 Å². The Balaban J connectivity index is 4.70. The molecule has 0 N–H and O–H groups in total. The van der Waals surface area contributed by atoms with E-state index >= 15 is 0 Å². The van der Waals surface area contributed by atoms with Crippen LogP contribution in [0.5, 0.6) is 0 Å². The van der Waals surface area contributed by atoms with Crippen LogP contribution in [0.15, 0.2) is 170 Å². The van der Waals surface area contributed by atoms with Crippen molar-refractivity contribution in [3.05, 3.63) is 170 Å². The van der Waals surface area contributed by atoms with E-state index in [1.165, 1.54) is 0 Å². The van der Waals surface area contributed by atoms with E-state index in [1.54, 1.807) is 0 Å². The molecule has 0 fully saturated rings. The number of hydrogen-bond donors (Lipinski definition) is 0. The molecule has 0 rings (SSSR count). The predicted molar refractivity (Wildman–Crippen MR) is 265 cm³/mol. The highest BCUT2D eigenvalue weighted by Gasteiger charge is 2.19. The molecular weight excluding hydrogens is 769 g/mol. The monoisotopic (exact) mass is 849 g/mol. The van der Waals surface area contributed by atoms with Crippen molar-refractivity contribution in [2.45, 2.75) is 149 Å². The van der Waals surface area contributed by atoms with Gasteiger partial charge in [-0.3, -0.25) is 14.4 Å². The zero-order valence-corrected chi connectivity index (χ0v) is 38.5. The summed E-state index contributed by atoms with van der Waals surface area (Å²) in [5.41, 5.74) is 0. The molecule has 340 valence electrons. The molecule has 1 atom stereocenters. The number of esters is 3. The van der Waals surface area contributed by atoms with Gasteiger partial charge in [0.05, 0.1) is 0 Å². The zero-order valence-electron chi connectivity index (χ0n) is 38.5. The number of rotatable bonds is 38. The molecule has 1 unspecified atom stereocenters. The highest BCUT2D eigenvalue weighted by molar-refractivity contribution is 5.71. The first-order chi connectivity index (χ1) is 30.5. The summed E-state index contributed by atoms with van der Waals surface area (Å²) in [6.07, 6.45) is 72.1. The highest BCUT2D eigenvalue weighted by Crippen LogP contribution is 2.10. The van der Waals surface area contributed by atoms with Gasteiger partial charge in [-0.05, 0) is 83.5 Å². The minimum absolute atomic E-state index is 0.158. The van der Waals surface area contributed by atoms with E-state index in [-0.39, 0.29) is 44.4 Å². The quantitative estimate of drug-likeness (QED) is 0.0202. The fraction of sp³-hybridized carbons (Fsp3) is 0.446. The van der Waals surface area contributed by atoms with Gasteiger partial charge >= 0.3 is 17.9 Å². The van der Waals surface area contributed by atoms with Gasteiger partial charge in [-0.15, -0.1) is 0 Å². The van der Waals surface area contributed by atoms with E-state index in [2.05, 4.69) is 93.7 Å². The van der Waals surface area contributed by atoms with Crippen LogP contribution >= 0.6 is 0 Å². The van der Waals surface area contributed by atoms with Gasteiger partial charge in [0.25, 0.3) is 0 Å². The molecule has 0 aliphatic carbocycles. The minimum atomic E-state index is -0.858. The van der Waals surface area contributed by atoms with Gasteiger partial charge < -0.3 is 14.2 Å². The molecule has 6 nitrogen and oxygen atoms in total. The van der Waals surface area contributed by atoms with Crippen LogP contribution in [-0.4, -0.2) is 37.2 Å². The van der Waals surface area contributed by atoms with E-state index in [4.69, 9.17) is 14.2 Å². The lowest BCUT2D eigenvalue weighted by atomic mass is 10.1. The molecule has 0 aromatic heterocycles. The van der Waals surface area contributed by atoms with Crippen LogP contribution < -0.4 is 0 Å². The average Bonchev–Trinajstić information content (AvgIpc) is 3.27. The first-order valence-electron chi connectivity index (χ1n) is 23.3. The summed E-state index contributed by atoms with van der Waals surface area (Å²) in [6.45, 7) is 6.04. The van der Waals surface area contributed by atoms with Crippen molar-refractivity contribution in [2.75, 3.05) is 13.2 Å². The van der Waals surface area contributed by atoms with Crippen LogP contribution in [0.4, 0.5) is 0 Å². The van der Waals surface area contributed by atoms with E-state index in [0.29, 0.717) is 19.3 Å². The van der Waals surface area contributed by atoms with Crippen LogP contribution in [0.25, 0.3) is 0 Å². The molecule has 6 heteroatoms. The van der Waals surface area contributed by atoms with Crippen LogP contribution in [0.2, 0.25) is 0 Å². The summed E-state index contributed by atoms with van der Waals surface area (Å²) in [7, 11) is 0. The number of allylic oxidation sites excluding steroid dienone is 28. The third kappa shape index (κ3) is 45.8. The molecule has 0 saturated heterocycles. The SMILES string of the molecule is CC/C=C/C=C/C=C/C=C/C=C/CCCC(=O)OCC(COC(=O)CC/C=C/C/C=C/C/C=C/C/C=C/C/C=C/CC)OC(=O)CCCCCCC/C=C/C=C/C=C/C=C/CC. The second kappa shape index (κ2) is 48.4. The Hall–Kier alpha value is -5.23. The lowest BCUT2D eigenvalue weighted by Crippen LogP contribution is -2.30. The summed E-state index contributed by atoms with van der Waals surface area (Å²) in [4.78, 5) is 37.8. The molecule has 0 amide bonds. The third-order valence-electron chi connectivity index (χ3n) is 8.68. The number of carbonyl (C=O) groups excluding carboxylic acids is 3. The van der Waals surface area contributed by atoms with E-state index in [0.717, 1.165) is 83.5 Å². The maximum atomic E-state index is 12.7. The topological polar surface area (TPSA) is 78.9 Å². The van der Waals surface area contributed by atoms with Crippen molar-refractivity contribution >= 4 is 17.9 Å². The Morgan fingerprint density at radius 2 is 0.710 bits per heavy atom. The molecular formula is C56H80O6. The Bertz CT molecular complexity index is 1530. The molecule has 0 radical (unpaired) electrons. The predicted octanol–water partition coefficient (Wildman–Crippen LogP) is 15.2. The normalized spacial score (nSPS) is 13.7. The first kappa shape index (κ1) is 56.8. The molecule has 0 aliphatic rings. The lowest BCUT2D eigenvalue weighted by Gasteiger charge is -2.18. The Morgan fingerprint density at radius 1 is 0.339 bits per heavy atom. The number of unbranched alkanes of at least 4 members (excludes halogenated alkanes) is 6. The van der Waals surface area contributed by atoms with Gasteiger partial charge in [0.15, 0.2) is 6.10 Å². The van der Waals surface area contributed by atoms with Crippen molar-refractivity contribution in [2.24, 2.45) is 0 Å². The molecule has 0 aromatic rings. The summed E-state index contributed by atoms with van der Waals surface area (Å²) >= 11 is 0. The van der Waals surface area contributed by atoms with Gasteiger partial charge in [0, 0.05) is 19.3 Å². The maximum absolute atomic E-state index is 12.7. The Morgan fingerprint density at radius 3 is 1.21 bits per heavy atom. The Labute approximate surface area is 377 Å². The highest BCUT2D eigenvalue weighted by atomic mass is 16.6. The molecule has 0 spiro atoms. The summed E-state index contributed by atoms with van der Waals surface area (Å²) in [6, 6.07) is 0. The average molecular weight is 849 g/mol. The van der Waals surface area contributed by atoms with Crippen molar-refractivity contribution in [1.82, 2.24) is 0 Å². The second-order valence-corrected chi connectivity index (χ2v) is 14.4. The standard InChI is InChI=1S/C56H80O6/c1-4-7-10-13-16-19-22-25-27-29-31-34-37-40-43-46-49-55(58)61-52-53(51-60-54(57)48-45-42-39-36-33-30-24-21-18-15-12-9-6-3)62-56(59)50-47-44-41-38-35-32-28-26-23-20-17-14-11-8-5-2/h7-12,14-21,23-28,30-31,33-34,36,39-40,43,53H,4-6,13,22,29,32,35,37-38,41-42,44-52H2,1-3H3/b10-7+,11-8+,12-9+,17-14+,18-15+,19-16+,23-20+,24-21+,27-25+,28-26+,33-30+,34-31+,39-36+,43-40+. The van der Waals surface area contributed by atoms with Crippen LogP contribution in [0.3, 0.4) is 0 Å². The minimum Gasteiger partial charge on any atom is -0.462 e. The van der Waals surface area contributed by atoms with Gasteiger partial charge in [0.2, 0.25) is 0 Å². The van der Waals surface area contributed by atoms with Gasteiger partial charge in [-0.2, -0.15) is 0 Å². The van der Waals surface area contributed by atoms with Crippen molar-refractivity contribution in [1.29, 1.82) is 0 Å². The maximum Gasteiger partial charge on any atom is 0.306 e. The largest absolute Gasteiger partial charge is 0.462 e. The molecule has 0 heterocycles. The third-order valence-corrected chi connectivity index (χ3v) is 8.68. The van der Waals surface area contributed by atoms with E-state index in [1.807, 2.05) is 97.2 Å². The molecule has 0 bridgehead atoms. The van der Waals surface area contributed by atoms with Crippen molar-refractivity contribution in [3.8, 4) is 0 Å². The lowest BCUT2D eigenvalue weighted by molar-refractivity contribution is -0.166. The number of hydrogen-bond acceptors (Lipinski definition) is 6. The Kier molecular flexibility index (Phi) is 44.4. The molecule has 62 heavy (non-hydrogen) atoms. The number of carbonyl (C=O) groups is 3. The summed E-state index contributed by atoms with van der Waals surface area (Å²) in [5.74, 6) is -1.15. The smallest absolute Gasteiger partial charge is 0.306 e. The summed E-state index contributed by atoms with van der Waals surface area (Å²) in [5, 5.41) is 0. The van der Waals surface area contributed by atoms with Crippen LogP contribution in [0.1, 0.15) is 143 Å². The van der Waals surface area contributed by atoms with E-state index < -0.39 is 12.1 Å². The van der Waals surface area contributed by atoms with E-state index in [9.17, 15) is 14.4 Å². The van der Waals surface area contributed by atoms with Crippen molar-refractivity contribution in [3.63, 3.8) is 0 Å². The molecule has 0 aliphatic heterocycles. The first-order valence-corrected chi connectivity index (χ1v) is 23.3. The van der Waals surface area contributed by atoms with Crippen molar-refractivity contribution < 1.29 is 28.6 Å². The summed E-state index contributed by atoms with van der Waals surface area (Å²) < 4.78 is 16.6. The second-order valence-electron chi connectivity index (χ2n) is 14.4. The van der Waals surface area contributed by atoms with Crippen LogP contribution in [0, 0.1) is 0 Å². The fourth-order valence-corrected chi connectivity index (χ4v) is 5.29. The van der Waals surface area contributed by atoms with Gasteiger partial charge in [0.1, 0.15) is 13.2 Å². The molecule has 0 aromatic carbocycles. The van der Waals surface area contributed by atoms with Crippen LogP contribution in [-0.2, 0) is 28.6 Å². The molecule has 0 saturated carbocycles. The van der Waals surface area contributed by atoms with Gasteiger partial charge in [-0.1, -0.05) is 210 Å². The fourth-order valence-electron chi connectivity index (χ4n) is 5.29. The number of ether oxygens (including phenoxy) is 3. The zero-order chi connectivity index (χ0) is 45.1.